The van der Waals surface area contributed by atoms with E-state index in [2.05, 4.69) is 36.2 Å². The first kappa shape index (κ1) is 21.8. The van der Waals surface area contributed by atoms with Crippen molar-refractivity contribution in [2.75, 3.05) is 6.61 Å². The number of ether oxygens (including phenoxy) is 1. The van der Waals surface area contributed by atoms with Crippen LogP contribution in [-0.2, 0) is 29.1 Å². The van der Waals surface area contributed by atoms with Gasteiger partial charge in [-0.1, -0.05) is 31.2 Å². The molecule has 0 saturated carbocycles. The number of fused-ring (bicyclic) bond motifs is 3. The molecule has 168 valence electrons. The number of aromatic nitrogens is 1. The Morgan fingerprint density at radius 1 is 1.06 bits per heavy atom. The number of aliphatic hydroxyl groups is 4. The molecule has 5 rings (SSSR count). The van der Waals surface area contributed by atoms with Crippen molar-refractivity contribution in [1.29, 1.82) is 0 Å². The lowest BCUT2D eigenvalue weighted by atomic mass is 9.91. The molecule has 2 aliphatic heterocycles. The molecule has 2 aromatic carbocycles. The van der Waals surface area contributed by atoms with Gasteiger partial charge in [0.05, 0.1) is 30.1 Å². The van der Waals surface area contributed by atoms with E-state index < -0.39 is 28.5 Å². The van der Waals surface area contributed by atoms with Crippen LogP contribution in [0.3, 0.4) is 0 Å². The highest BCUT2D eigenvalue weighted by molar-refractivity contribution is 8.00. The third-order valence-corrected chi connectivity index (χ3v) is 8.31. The molecule has 3 aromatic rings. The van der Waals surface area contributed by atoms with Gasteiger partial charge in [-0.05, 0) is 53.3 Å². The summed E-state index contributed by atoms with van der Waals surface area (Å²) < 4.78 is 6.07. The Hall–Kier alpha value is -2.00. The van der Waals surface area contributed by atoms with Crippen molar-refractivity contribution in [1.82, 2.24) is 4.98 Å². The normalized spacial score (nSPS) is 29.5. The van der Waals surface area contributed by atoms with E-state index in [1.165, 1.54) is 22.9 Å². The molecule has 1 aromatic heterocycles. The molecule has 0 bridgehead atoms. The van der Waals surface area contributed by atoms with E-state index in [0.29, 0.717) is 0 Å². The number of pyridine rings is 1. The molecular formula is C25H27NO5S. The minimum atomic E-state index is -1.42. The summed E-state index contributed by atoms with van der Waals surface area (Å²) in [6.45, 7) is 2.07. The Bertz CT molecular complexity index is 1140. The second-order valence-electron chi connectivity index (χ2n) is 8.56. The molecule has 6 nitrogen and oxygen atoms in total. The number of hydrogen-bond donors (Lipinski definition) is 4. The zero-order valence-corrected chi connectivity index (χ0v) is 18.6. The topological polar surface area (TPSA) is 103 Å². The van der Waals surface area contributed by atoms with Gasteiger partial charge in [0, 0.05) is 17.1 Å². The average molecular weight is 454 g/mol. The van der Waals surface area contributed by atoms with Crippen LogP contribution in [0.4, 0.5) is 0 Å². The molecule has 1 unspecified atom stereocenters. The van der Waals surface area contributed by atoms with Crippen LogP contribution in [0.15, 0.2) is 48.7 Å². The van der Waals surface area contributed by atoms with Gasteiger partial charge in [-0.2, -0.15) is 0 Å². The van der Waals surface area contributed by atoms with Crippen LogP contribution in [0, 0.1) is 0 Å². The SMILES string of the molecule is CCc1ccc(Cc2ccnc3cc4c(cc23)C2(OC4)S[C@H](CO)[C@@H](O)[C@H](O)[C@H]2O)cc1. The van der Waals surface area contributed by atoms with Crippen LogP contribution in [0.2, 0.25) is 0 Å². The first-order chi connectivity index (χ1) is 15.5. The van der Waals surface area contributed by atoms with Crippen LogP contribution in [0.5, 0.6) is 0 Å². The maximum atomic E-state index is 10.9. The van der Waals surface area contributed by atoms with Crippen LogP contribution < -0.4 is 0 Å². The van der Waals surface area contributed by atoms with E-state index in [4.69, 9.17) is 4.74 Å². The smallest absolute Gasteiger partial charge is 0.168 e. The molecule has 1 saturated heterocycles. The standard InChI is InChI=1S/C25H27NO5S/c1-2-14-3-5-15(6-4-14)9-16-7-8-26-20-10-17-13-31-25(19(17)11-18(16)20)24(30)23(29)22(28)21(12-27)32-25/h3-8,10-11,21-24,27-30H,2,9,12-13H2,1H3/t21-,22-,23+,24-,25?/m1/s1. The van der Waals surface area contributed by atoms with E-state index in [0.717, 1.165) is 40.4 Å². The Labute approximate surface area is 190 Å². The molecule has 0 radical (unpaired) electrons. The lowest BCUT2D eigenvalue weighted by Crippen LogP contribution is -2.58. The Morgan fingerprint density at radius 2 is 1.81 bits per heavy atom. The summed E-state index contributed by atoms with van der Waals surface area (Å²) in [6, 6.07) is 14.6. The largest absolute Gasteiger partial charge is 0.395 e. The molecule has 7 heteroatoms. The zero-order valence-electron chi connectivity index (χ0n) is 17.8. The van der Waals surface area contributed by atoms with E-state index in [9.17, 15) is 20.4 Å². The van der Waals surface area contributed by atoms with Gasteiger partial charge in [-0.3, -0.25) is 4.98 Å². The van der Waals surface area contributed by atoms with Gasteiger partial charge in [0.2, 0.25) is 0 Å². The quantitative estimate of drug-likeness (QED) is 0.481. The summed E-state index contributed by atoms with van der Waals surface area (Å²) in [5.74, 6) is 0. The van der Waals surface area contributed by atoms with Gasteiger partial charge in [0.15, 0.2) is 4.93 Å². The highest BCUT2D eigenvalue weighted by Gasteiger charge is 2.57. The first-order valence-corrected chi connectivity index (χ1v) is 11.8. The second kappa shape index (κ2) is 8.41. The Morgan fingerprint density at radius 3 is 2.53 bits per heavy atom. The van der Waals surface area contributed by atoms with Crippen LogP contribution >= 0.6 is 11.8 Å². The molecule has 5 atom stereocenters. The van der Waals surface area contributed by atoms with Gasteiger partial charge in [-0.15, -0.1) is 11.8 Å². The fraction of sp³-hybridized carbons (Fsp3) is 0.400. The molecule has 2 aliphatic rings. The fourth-order valence-corrected chi connectivity index (χ4v) is 6.30. The minimum Gasteiger partial charge on any atom is -0.395 e. The Kier molecular flexibility index (Phi) is 5.73. The van der Waals surface area contributed by atoms with Gasteiger partial charge in [0.25, 0.3) is 0 Å². The predicted octanol–water partition coefficient (Wildman–Crippen LogP) is 2.26. The van der Waals surface area contributed by atoms with Gasteiger partial charge in [0.1, 0.15) is 12.2 Å². The number of thioether (sulfide) groups is 1. The summed E-state index contributed by atoms with van der Waals surface area (Å²) in [5.41, 5.74) is 6.11. The molecule has 1 fully saturated rings. The Balaban J connectivity index is 1.58. The number of aryl methyl sites for hydroxylation is 1. The van der Waals surface area contributed by atoms with Gasteiger partial charge in [-0.25, -0.2) is 0 Å². The fourth-order valence-electron chi connectivity index (χ4n) is 4.75. The maximum Gasteiger partial charge on any atom is 0.168 e. The molecule has 0 aliphatic carbocycles. The highest BCUT2D eigenvalue weighted by Crippen LogP contribution is 2.54. The molecular weight excluding hydrogens is 426 g/mol. The first-order valence-electron chi connectivity index (χ1n) is 10.9. The van der Waals surface area contributed by atoms with Crippen molar-refractivity contribution in [2.45, 2.75) is 54.9 Å². The van der Waals surface area contributed by atoms with Crippen molar-refractivity contribution in [3.05, 3.63) is 76.5 Å². The molecule has 3 heterocycles. The molecule has 32 heavy (non-hydrogen) atoms. The summed E-state index contributed by atoms with van der Waals surface area (Å²) in [7, 11) is 0. The predicted molar refractivity (Wildman–Crippen MR) is 123 cm³/mol. The second-order valence-corrected chi connectivity index (χ2v) is 10.0. The number of aliphatic hydroxyl groups excluding tert-OH is 4. The highest BCUT2D eigenvalue weighted by atomic mass is 32.2. The number of rotatable bonds is 4. The minimum absolute atomic E-state index is 0.265. The number of nitrogens with zero attached hydrogens (tertiary/aromatic N) is 1. The average Bonchev–Trinajstić information content (AvgIpc) is 3.17. The van der Waals surface area contributed by atoms with Gasteiger partial charge >= 0.3 is 0 Å². The monoisotopic (exact) mass is 453 g/mol. The zero-order chi connectivity index (χ0) is 22.5. The van der Waals surface area contributed by atoms with Crippen molar-refractivity contribution >= 4 is 22.7 Å². The van der Waals surface area contributed by atoms with Gasteiger partial charge < -0.3 is 25.2 Å². The van der Waals surface area contributed by atoms with Crippen LogP contribution in [-0.4, -0.2) is 55.6 Å². The van der Waals surface area contributed by atoms with E-state index in [1.54, 1.807) is 0 Å². The molecule has 4 N–H and O–H groups in total. The lowest BCUT2D eigenvalue weighted by Gasteiger charge is -2.45. The van der Waals surface area contributed by atoms with E-state index in [1.807, 2.05) is 24.4 Å². The lowest BCUT2D eigenvalue weighted by molar-refractivity contribution is -0.147. The maximum absolute atomic E-state index is 10.9. The summed E-state index contributed by atoms with van der Waals surface area (Å²) >= 11 is 1.17. The van der Waals surface area contributed by atoms with Crippen molar-refractivity contribution in [3.8, 4) is 0 Å². The molecule has 1 spiro atoms. The van der Waals surface area contributed by atoms with Crippen molar-refractivity contribution < 1.29 is 25.2 Å². The summed E-state index contributed by atoms with van der Waals surface area (Å²) in [4.78, 5) is 3.30. The van der Waals surface area contributed by atoms with E-state index in [-0.39, 0.29) is 13.2 Å². The third kappa shape index (κ3) is 3.44. The van der Waals surface area contributed by atoms with E-state index >= 15 is 0 Å². The number of hydrogen-bond acceptors (Lipinski definition) is 7. The van der Waals surface area contributed by atoms with Crippen molar-refractivity contribution in [3.63, 3.8) is 0 Å². The summed E-state index contributed by atoms with van der Waals surface area (Å²) in [6.07, 6.45) is -0.427. The van der Waals surface area contributed by atoms with Crippen LogP contribution in [0.1, 0.15) is 34.7 Å². The summed E-state index contributed by atoms with van der Waals surface area (Å²) in [5, 5.41) is 41.7. The number of benzene rings is 2. The molecule has 0 amide bonds. The van der Waals surface area contributed by atoms with Crippen molar-refractivity contribution in [2.24, 2.45) is 0 Å². The van der Waals surface area contributed by atoms with Crippen LogP contribution in [0.25, 0.3) is 10.9 Å². The third-order valence-electron chi connectivity index (χ3n) is 6.65.